The van der Waals surface area contributed by atoms with Crippen LogP contribution in [0.5, 0.6) is 0 Å². The van der Waals surface area contributed by atoms with Crippen LogP contribution in [0.15, 0.2) is 0 Å². The van der Waals surface area contributed by atoms with E-state index in [1.54, 1.807) is 4.90 Å². The van der Waals surface area contributed by atoms with Crippen LogP contribution in [0.3, 0.4) is 0 Å². The highest BCUT2D eigenvalue weighted by Crippen LogP contribution is 2.26. The fraction of sp³-hybridized carbons (Fsp3) is 0.833. The summed E-state index contributed by atoms with van der Waals surface area (Å²) < 4.78 is 0. The Morgan fingerprint density at radius 2 is 1.72 bits per heavy atom. The highest BCUT2D eigenvalue weighted by atomic mass is 16.4. The van der Waals surface area contributed by atoms with E-state index < -0.39 is 12.0 Å². The summed E-state index contributed by atoms with van der Waals surface area (Å²) in [5.41, 5.74) is 0. The number of aliphatic hydroxyl groups excluding tert-OH is 1. The third-order valence-electron chi connectivity index (χ3n) is 3.93. The van der Waals surface area contributed by atoms with Gasteiger partial charge in [-0.3, -0.25) is 0 Å². The highest BCUT2D eigenvalue weighted by molar-refractivity contribution is 5.83. The molecular formula is C12H20N2O4. The quantitative estimate of drug-likeness (QED) is 0.709. The maximum atomic E-state index is 12.3. The largest absolute Gasteiger partial charge is 0.480 e. The third kappa shape index (κ3) is 2.43. The number of aliphatic hydroxyl groups is 1. The summed E-state index contributed by atoms with van der Waals surface area (Å²) in [6.45, 7) is 3.40. The minimum absolute atomic E-state index is 0.00170. The summed E-state index contributed by atoms with van der Waals surface area (Å²) in [6.07, 6.45) is 1.56. The molecule has 2 aliphatic rings. The van der Waals surface area contributed by atoms with Crippen LogP contribution in [-0.4, -0.2) is 63.8 Å². The van der Waals surface area contributed by atoms with E-state index in [2.05, 4.69) is 0 Å². The van der Waals surface area contributed by atoms with Gasteiger partial charge in [0.2, 0.25) is 0 Å². The number of hydrogen-bond donors (Lipinski definition) is 2. The number of carbonyl (C=O) groups excluding carboxylic acids is 1. The number of rotatable bonds is 1. The Balaban J connectivity index is 2.02. The molecule has 0 radical (unpaired) electrons. The SMILES string of the molecule is CC1CCN(C(=O)N2CCC(O)CC2)C1C(=O)O. The molecule has 0 saturated carbocycles. The zero-order chi connectivity index (χ0) is 13.3. The van der Waals surface area contributed by atoms with Crippen molar-refractivity contribution in [1.82, 2.24) is 9.80 Å². The van der Waals surface area contributed by atoms with Crippen LogP contribution in [0.4, 0.5) is 4.79 Å². The summed E-state index contributed by atoms with van der Waals surface area (Å²) >= 11 is 0. The number of carboxylic acid groups (broad SMARTS) is 1. The van der Waals surface area contributed by atoms with Crippen molar-refractivity contribution in [3.05, 3.63) is 0 Å². The van der Waals surface area contributed by atoms with Crippen LogP contribution in [0.25, 0.3) is 0 Å². The summed E-state index contributed by atoms with van der Waals surface area (Å²) in [4.78, 5) is 26.6. The number of hydrogen-bond acceptors (Lipinski definition) is 3. The van der Waals surface area contributed by atoms with E-state index in [4.69, 9.17) is 0 Å². The number of amides is 2. The van der Waals surface area contributed by atoms with Gasteiger partial charge in [-0.2, -0.15) is 0 Å². The van der Waals surface area contributed by atoms with Gasteiger partial charge in [0.25, 0.3) is 0 Å². The Morgan fingerprint density at radius 1 is 1.11 bits per heavy atom. The molecule has 2 amide bonds. The van der Waals surface area contributed by atoms with Crippen molar-refractivity contribution < 1.29 is 19.8 Å². The van der Waals surface area contributed by atoms with E-state index in [0.29, 0.717) is 32.5 Å². The van der Waals surface area contributed by atoms with Crippen LogP contribution in [0.1, 0.15) is 26.2 Å². The molecule has 6 heteroatoms. The lowest BCUT2D eigenvalue weighted by Gasteiger charge is -2.34. The standard InChI is InChI=1S/C12H20N2O4/c1-8-2-7-14(10(8)11(16)17)12(18)13-5-3-9(15)4-6-13/h8-10,15H,2-7H2,1H3,(H,16,17). The van der Waals surface area contributed by atoms with Gasteiger partial charge in [0.05, 0.1) is 6.10 Å². The Labute approximate surface area is 106 Å². The van der Waals surface area contributed by atoms with Gasteiger partial charge in [-0.1, -0.05) is 6.92 Å². The second-order valence-electron chi connectivity index (χ2n) is 5.24. The second kappa shape index (κ2) is 5.14. The summed E-state index contributed by atoms with van der Waals surface area (Å²) in [6, 6.07) is -0.900. The van der Waals surface area contributed by atoms with Gasteiger partial charge in [-0.05, 0) is 25.2 Å². The Morgan fingerprint density at radius 3 is 2.28 bits per heavy atom. The van der Waals surface area contributed by atoms with E-state index in [-0.39, 0.29) is 18.1 Å². The summed E-state index contributed by atoms with van der Waals surface area (Å²) in [5.74, 6) is -0.924. The topological polar surface area (TPSA) is 81.1 Å². The average molecular weight is 256 g/mol. The van der Waals surface area contributed by atoms with Gasteiger partial charge in [0, 0.05) is 19.6 Å². The molecule has 2 saturated heterocycles. The molecule has 0 aromatic heterocycles. The molecule has 2 N–H and O–H groups in total. The van der Waals surface area contributed by atoms with Crippen LogP contribution >= 0.6 is 0 Å². The molecule has 2 heterocycles. The van der Waals surface area contributed by atoms with Crippen molar-refractivity contribution in [2.75, 3.05) is 19.6 Å². The predicted molar refractivity (Wildman–Crippen MR) is 64.1 cm³/mol. The molecule has 2 fully saturated rings. The third-order valence-corrected chi connectivity index (χ3v) is 3.93. The Hall–Kier alpha value is -1.30. The van der Waals surface area contributed by atoms with Crippen molar-refractivity contribution >= 4 is 12.0 Å². The highest BCUT2D eigenvalue weighted by Gasteiger charge is 2.41. The van der Waals surface area contributed by atoms with Crippen molar-refractivity contribution in [3.8, 4) is 0 Å². The van der Waals surface area contributed by atoms with E-state index in [0.717, 1.165) is 6.42 Å². The van der Waals surface area contributed by atoms with E-state index >= 15 is 0 Å². The molecule has 102 valence electrons. The smallest absolute Gasteiger partial charge is 0.326 e. The molecule has 2 aliphatic heterocycles. The van der Waals surface area contributed by atoms with E-state index in [1.165, 1.54) is 4.90 Å². The van der Waals surface area contributed by atoms with Gasteiger partial charge in [-0.25, -0.2) is 9.59 Å². The minimum Gasteiger partial charge on any atom is -0.480 e. The number of carboxylic acids is 1. The Kier molecular flexibility index (Phi) is 3.75. The monoisotopic (exact) mass is 256 g/mol. The van der Waals surface area contributed by atoms with Crippen LogP contribution in [0.2, 0.25) is 0 Å². The van der Waals surface area contributed by atoms with Crippen LogP contribution in [0, 0.1) is 5.92 Å². The fourth-order valence-corrected chi connectivity index (χ4v) is 2.78. The lowest BCUT2D eigenvalue weighted by molar-refractivity contribution is -0.142. The first-order valence-corrected chi connectivity index (χ1v) is 6.47. The van der Waals surface area contributed by atoms with Gasteiger partial charge in [0.1, 0.15) is 6.04 Å². The lowest BCUT2D eigenvalue weighted by Crippen LogP contribution is -2.51. The number of urea groups is 1. The summed E-state index contributed by atoms with van der Waals surface area (Å²) in [5, 5.41) is 18.6. The molecule has 2 atom stereocenters. The fourth-order valence-electron chi connectivity index (χ4n) is 2.78. The normalized spacial score (nSPS) is 29.7. The Bertz CT molecular complexity index is 339. The van der Waals surface area contributed by atoms with Gasteiger partial charge >= 0.3 is 12.0 Å². The van der Waals surface area contributed by atoms with Crippen LogP contribution in [-0.2, 0) is 4.79 Å². The molecule has 0 aromatic rings. The molecular weight excluding hydrogens is 236 g/mol. The molecule has 6 nitrogen and oxygen atoms in total. The molecule has 2 unspecified atom stereocenters. The predicted octanol–water partition coefficient (Wildman–Crippen LogP) is 0.358. The number of piperidine rings is 1. The second-order valence-corrected chi connectivity index (χ2v) is 5.24. The van der Waals surface area contributed by atoms with Crippen molar-refractivity contribution in [1.29, 1.82) is 0 Å². The van der Waals surface area contributed by atoms with Gasteiger partial charge < -0.3 is 20.0 Å². The molecule has 0 bridgehead atoms. The van der Waals surface area contributed by atoms with Crippen molar-refractivity contribution in [2.45, 2.75) is 38.3 Å². The zero-order valence-electron chi connectivity index (χ0n) is 10.6. The molecule has 2 rings (SSSR count). The number of nitrogens with zero attached hydrogens (tertiary/aromatic N) is 2. The first kappa shape index (κ1) is 13.1. The molecule has 18 heavy (non-hydrogen) atoms. The van der Waals surface area contributed by atoms with Crippen molar-refractivity contribution in [2.24, 2.45) is 5.92 Å². The maximum Gasteiger partial charge on any atom is 0.326 e. The first-order valence-electron chi connectivity index (χ1n) is 6.47. The van der Waals surface area contributed by atoms with E-state index in [1.807, 2.05) is 6.92 Å². The zero-order valence-corrected chi connectivity index (χ0v) is 10.6. The summed E-state index contributed by atoms with van der Waals surface area (Å²) in [7, 11) is 0. The number of likely N-dealkylation sites (tertiary alicyclic amines) is 2. The van der Waals surface area contributed by atoms with E-state index in [9.17, 15) is 19.8 Å². The minimum atomic E-state index is -0.926. The number of aliphatic carboxylic acids is 1. The number of carbonyl (C=O) groups is 2. The average Bonchev–Trinajstić information content (AvgIpc) is 2.71. The van der Waals surface area contributed by atoms with Gasteiger partial charge in [-0.15, -0.1) is 0 Å². The molecule has 0 spiro atoms. The molecule has 0 aliphatic carbocycles. The lowest BCUT2D eigenvalue weighted by atomic mass is 10.0. The molecule has 0 aromatic carbocycles. The maximum absolute atomic E-state index is 12.3. The van der Waals surface area contributed by atoms with Crippen molar-refractivity contribution in [3.63, 3.8) is 0 Å². The van der Waals surface area contributed by atoms with Gasteiger partial charge in [0.15, 0.2) is 0 Å². The van der Waals surface area contributed by atoms with Crippen LogP contribution < -0.4 is 0 Å². The first-order chi connectivity index (χ1) is 8.50.